The highest BCUT2D eigenvalue weighted by Gasteiger charge is 2.45. The highest BCUT2D eigenvalue weighted by Crippen LogP contribution is 2.36. The molecule has 3 amide bonds. The third-order valence-corrected chi connectivity index (χ3v) is 8.95. The van der Waals surface area contributed by atoms with E-state index in [9.17, 15) is 24.7 Å². The van der Waals surface area contributed by atoms with Gasteiger partial charge in [-0.15, -0.1) is 12.4 Å². The zero-order chi connectivity index (χ0) is 37.3. The van der Waals surface area contributed by atoms with Gasteiger partial charge in [-0.2, -0.15) is 0 Å². The van der Waals surface area contributed by atoms with Gasteiger partial charge in [0.25, 0.3) is 11.8 Å². The lowest BCUT2D eigenvalue weighted by Crippen LogP contribution is -2.62. The number of pyridine rings is 1. The third kappa shape index (κ3) is 10.7. The van der Waals surface area contributed by atoms with Crippen molar-refractivity contribution >= 4 is 30.3 Å². The molecule has 12 heteroatoms. The number of methoxy groups -OCH3 is 1. The normalized spacial score (nSPS) is 15.0. The smallest absolute Gasteiger partial charge is 0.407 e. The first-order valence-electron chi connectivity index (χ1n) is 17.1. The Balaban J connectivity index is 0.00000627. The number of ether oxygens (including phenoxy) is 1. The van der Waals surface area contributed by atoms with Crippen molar-refractivity contribution in [3.63, 3.8) is 0 Å². The number of nitrogens with zero attached hydrogens (tertiary/aromatic N) is 3. The molecule has 0 bridgehead atoms. The Morgan fingerprint density at radius 2 is 1.62 bits per heavy atom. The molecule has 1 aliphatic rings. The number of hydrogen-bond donors (Lipinski definition) is 4. The van der Waals surface area contributed by atoms with Gasteiger partial charge in [0, 0.05) is 36.5 Å². The predicted molar refractivity (Wildman–Crippen MR) is 202 cm³/mol. The molecule has 278 valence electrons. The van der Waals surface area contributed by atoms with Gasteiger partial charge in [0.2, 0.25) is 0 Å². The molecule has 3 aromatic carbocycles. The number of halogens is 1. The van der Waals surface area contributed by atoms with Crippen molar-refractivity contribution in [3.8, 4) is 11.8 Å². The second-order valence-corrected chi connectivity index (χ2v) is 14.1. The second-order valence-electron chi connectivity index (χ2n) is 14.1. The van der Waals surface area contributed by atoms with Crippen LogP contribution in [-0.2, 0) is 33.7 Å². The monoisotopic (exact) mass is 739 g/mol. The zero-order valence-electron chi connectivity index (χ0n) is 30.3. The SMILES string of the molecule is COC(=O)N[C@H](C(=O)NN(Cc1cccc(C#Cc2cccnc2)c1)C[C@@](O)(Cc1ccccc1)C(=O)N(O)C1CCc2ccccc21)C(C)(C)C.Cl. The number of fused-ring (bicyclic) bond motifs is 1. The lowest BCUT2D eigenvalue weighted by atomic mass is 9.86. The molecule has 0 saturated carbocycles. The molecule has 1 unspecified atom stereocenters. The van der Waals surface area contributed by atoms with Gasteiger partial charge in [0.1, 0.15) is 6.04 Å². The van der Waals surface area contributed by atoms with Crippen LogP contribution in [-0.4, -0.2) is 68.6 Å². The van der Waals surface area contributed by atoms with Gasteiger partial charge in [-0.05, 0) is 64.8 Å². The maximum absolute atomic E-state index is 14.4. The molecule has 1 heterocycles. The Bertz CT molecular complexity index is 1930. The van der Waals surface area contributed by atoms with Gasteiger partial charge < -0.3 is 15.2 Å². The van der Waals surface area contributed by atoms with E-state index in [2.05, 4.69) is 27.6 Å². The van der Waals surface area contributed by atoms with E-state index in [0.29, 0.717) is 34.6 Å². The van der Waals surface area contributed by atoms with E-state index in [-0.39, 0.29) is 25.4 Å². The van der Waals surface area contributed by atoms with Crippen LogP contribution in [0.5, 0.6) is 0 Å². The molecule has 4 aromatic rings. The molecule has 3 atom stereocenters. The Kier molecular flexibility index (Phi) is 13.8. The van der Waals surface area contributed by atoms with Crippen LogP contribution in [0.3, 0.4) is 0 Å². The topological polar surface area (TPSA) is 144 Å². The van der Waals surface area contributed by atoms with E-state index in [1.165, 1.54) is 12.1 Å². The summed E-state index contributed by atoms with van der Waals surface area (Å²) >= 11 is 0. The number of carbonyl (C=O) groups excluding carboxylic acids is 3. The fourth-order valence-corrected chi connectivity index (χ4v) is 6.35. The number of benzene rings is 3. The first-order chi connectivity index (χ1) is 24.9. The summed E-state index contributed by atoms with van der Waals surface area (Å²) in [6.45, 7) is 4.99. The largest absolute Gasteiger partial charge is 0.453 e. The average molecular weight is 740 g/mol. The molecule has 0 spiro atoms. The van der Waals surface area contributed by atoms with E-state index in [4.69, 9.17) is 4.74 Å². The van der Waals surface area contributed by atoms with Gasteiger partial charge in [0.05, 0.1) is 19.7 Å². The molecule has 0 aliphatic heterocycles. The molecule has 0 radical (unpaired) electrons. The molecular weight excluding hydrogens is 694 g/mol. The van der Waals surface area contributed by atoms with Gasteiger partial charge in [-0.3, -0.25) is 25.2 Å². The predicted octanol–water partition coefficient (Wildman–Crippen LogP) is 5.39. The number of hydrogen-bond acceptors (Lipinski definition) is 8. The van der Waals surface area contributed by atoms with Crippen LogP contribution < -0.4 is 10.7 Å². The Hall–Kier alpha value is -5.25. The summed E-state index contributed by atoms with van der Waals surface area (Å²) in [5.74, 6) is 4.72. The minimum atomic E-state index is -2.22. The maximum Gasteiger partial charge on any atom is 0.407 e. The summed E-state index contributed by atoms with van der Waals surface area (Å²) < 4.78 is 4.79. The Morgan fingerprint density at radius 1 is 0.943 bits per heavy atom. The molecule has 1 aliphatic carbocycles. The number of aliphatic hydroxyl groups is 1. The highest BCUT2D eigenvalue weighted by atomic mass is 35.5. The van der Waals surface area contributed by atoms with E-state index in [0.717, 1.165) is 16.7 Å². The summed E-state index contributed by atoms with van der Waals surface area (Å²) in [6, 6.07) is 25.9. The van der Waals surface area contributed by atoms with E-state index < -0.39 is 47.6 Å². The van der Waals surface area contributed by atoms with Crippen molar-refractivity contribution in [1.29, 1.82) is 0 Å². The molecule has 53 heavy (non-hydrogen) atoms. The number of amides is 3. The van der Waals surface area contributed by atoms with E-state index >= 15 is 0 Å². The highest BCUT2D eigenvalue weighted by molar-refractivity contribution is 5.87. The number of aromatic nitrogens is 1. The molecule has 11 nitrogen and oxygen atoms in total. The first kappa shape index (κ1) is 40.5. The quantitative estimate of drug-likeness (QED) is 0.0912. The van der Waals surface area contributed by atoms with Crippen molar-refractivity contribution in [3.05, 3.63) is 137 Å². The molecule has 4 N–H and O–H groups in total. The van der Waals surface area contributed by atoms with Gasteiger partial charge in [0.15, 0.2) is 5.60 Å². The van der Waals surface area contributed by atoms with Gasteiger partial charge in [-0.1, -0.05) is 99.3 Å². The van der Waals surface area contributed by atoms with Crippen LogP contribution in [0.15, 0.2) is 103 Å². The van der Waals surface area contributed by atoms with E-state index in [1.54, 1.807) is 63.5 Å². The molecule has 5 rings (SSSR count). The van der Waals surface area contributed by atoms with Crippen LogP contribution in [0, 0.1) is 17.3 Å². The standard InChI is InChI=1S/C41H45N5O6.ClH/c1-40(2,3)36(43-39(49)52-4)37(47)44-45(27-32-15-10-14-29(24-32)19-20-31-16-11-23-42-26-31)28-41(50,25-30-12-6-5-7-13-30)38(48)46(51)35-22-21-33-17-8-9-18-34(33)35;/h5-18,23-24,26,35-36,50-51H,21-22,25,27-28H2,1-4H3,(H,43,49)(H,44,47);1H/t35?,36-,41+;/m1./s1. The Morgan fingerprint density at radius 3 is 2.32 bits per heavy atom. The summed E-state index contributed by atoms with van der Waals surface area (Å²) in [4.78, 5) is 44.8. The summed E-state index contributed by atoms with van der Waals surface area (Å²) in [5, 5.41) is 28.6. The second kappa shape index (κ2) is 18.0. The number of nitrogens with one attached hydrogen (secondary N) is 2. The van der Waals surface area contributed by atoms with Gasteiger partial charge in [-0.25, -0.2) is 14.9 Å². The number of hydrazine groups is 1. The number of aryl methyl sites for hydroxylation is 1. The number of rotatable bonds is 11. The van der Waals surface area contributed by atoms with Crippen LogP contribution in [0.4, 0.5) is 4.79 Å². The molecule has 0 fully saturated rings. The number of carbonyl (C=O) groups is 3. The van der Waals surface area contributed by atoms with Crippen LogP contribution >= 0.6 is 12.4 Å². The maximum atomic E-state index is 14.4. The fourth-order valence-electron chi connectivity index (χ4n) is 6.35. The van der Waals surface area contributed by atoms with Crippen molar-refractivity contribution in [2.75, 3.05) is 13.7 Å². The van der Waals surface area contributed by atoms with Crippen molar-refractivity contribution in [2.45, 2.75) is 64.3 Å². The summed E-state index contributed by atoms with van der Waals surface area (Å²) in [6.07, 6.45) is 3.55. The summed E-state index contributed by atoms with van der Waals surface area (Å²) in [5.41, 5.74) is 4.55. The van der Waals surface area contributed by atoms with Crippen LogP contribution in [0.2, 0.25) is 0 Å². The average Bonchev–Trinajstić information content (AvgIpc) is 3.57. The summed E-state index contributed by atoms with van der Waals surface area (Å²) in [7, 11) is 1.21. The van der Waals surface area contributed by atoms with Gasteiger partial charge >= 0.3 is 6.09 Å². The minimum absolute atomic E-state index is 0. The van der Waals surface area contributed by atoms with Crippen molar-refractivity contribution in [2.24, 2.45) is 5.41 Å². The van der Waals surface area contributed by atoms with Crippen molar-refractivity contribution in [1.82, 2.24) is 25.8 Å². The number of alkyl carbamates (subject to hydrolysis) is 1. The van der Waals surface area contributed by atoms with Crippen LogP contribution in [0.25, 0.3) is 0 Å². The van der Waals surface area contributed by atoms with Crippen molar-refractivity contribution < 1.29 is 29.4 Å². The first-order valence-corrected chi connectivity index (χ1v) is 17.1. The lowest BCUT2D eigenvalue weighted by molar-refractivity contribution is -0.199. The molecule has 0 saturated heterocycles. The fraction of sp³-hybridized carbons (Fsp3) is 0.317. The lowest BCUT2D eigenvalue weighted by Gasteiger charge is -2.38. The van der Waals surface area contributed by atoms with E-state index in [1.807, 2.05) is 60.7 Å². The Labute approximate surface area is 316 Å². The zero-order valence-corrected chi connectivity index (χ0v) is 31.1. The minimum Gasteiger partial charge on any atom is -0.453 e. The third-order valence-electron chi connectivity index (χ3n) is 8.95. The van der Waals surface area contributed by atoms with Crippen LogP contribution in [0.1, 0.15) is 66.6 Å². The number of hydroxylamine groups is 2. The molecule has 1 aromatic heterocycles. The molecular formula is C41H46ClN5O6.